The van der Waals surface area contributed by atoms with E-state index in [9.17, 15) is 0 Å². The standard InChI is InChI=1S/C14H18N4S/c15-13-12(9-5-1-2-6-10(9)19-13)14-17-16-11-7-3-4-8-18(11)14/h1-8,15H2. The summed E-state index contributed by atoms with van der Waals surface area (Å²) in [6.07, 6.45) is 8.42. The zero-order valence-corrected chi connectivity index (χ0v) is 11.8. The van der Waals surface area contributed by atoms with E-state index in [0.717, 1.165) is 36.0 Å². The largest absolute Gasteiger partial charge is 0.390 e. The predicted molar refractivity (Wildman–Crippen MR) is 77.3 cm³/mol. The van der Waals surface area contributed by atoms with Gasteiger partial charge in [0.15, 0.2) is 5.82 Å². The highest BCUT2D eigenvalue weighted by molar-refractivity contribution is 7.16. The molecule has 4 rings (SSSR count). The number of nitrogens with zero attached hydrogens (tertiary/aromatic N) is 3. The van der Waals surface area contributed by atoms with E-state index in [4.69, 9.17) is 5.73 Å². The molecule has 0 spiro atoms. The van der Waals surface area contributed by atoms with Crippen molar-refractivity contribution in [1.29, 1.82) is 0 Å². The molecule has 3 heterocycles. The van der Waals surface area contributed by atoms with Crippen LogP contribution in [0.15, 0.2) is 0 Å². The van der Waals surface area contributed by atoms with Crippen LogP contribution < -0.4 is 5.73 Å². The van der Waals surface area contributed by atoms with Gasteiger partial charge in [-0.2, -0.15) is 0 Å². The quantitative estimate of drug-likeness (QED) is 0.870. The van der Waals surface area contributed by atoms with Crippen LogP contribution in [-0.2, 0) is 25.8 Å². The van der Waals surface area contributed by atoms with Crippen molar-refractivity contribution in [2.45, 2.75) is 51.5 Å². The van der Waals surface area contributed by atoms with Crippen LogP contribution in [0.25, 0.3) is 11.4 Å². The van der Waals surface area contributed by atoms with E-state index < -0.39 is 0 Å². The highest BCUT2D eigenvalue weighted by atomic mass is 32.1. The molecule has 0 saturated heterocycles. The maximum Gasteiger partial charge on any atom is 0.167 e. The molecule has 0 saturated carbocycles. The molecule has 0 aromatic carbocycles. The molecule has 19 heavy (non-hydrogen) atoms. The van der Waals surface area contributed by atoms with E-state index in [-0.39, 0.29) is 0 Å². The number of nitrogen functional groups attached to an aromatic ring is 1. The van der Waals surface area contributed by atoms with E-state index >= 15 is 0 Å². The lowest BCUT2D eigenvalue weighted by atomic mass is 9.95. The minimum Gasteiger partial charge on any atom is -0.390 e. The molecule has 2 aliphatic rings. The molecule has 0 fully saturated rings. The van der Waals surface area contributed by atoms with E-state index in [1.54, 1.807) is 11.3 Å². The number of fused-ring (bicyclic) bond motifs is 2. The first-order valence-corrected chi connectivity index (χ1v) is 7.98. The average molecular weight is 274 g/mol. The molecule has 2 aromatic heterocycles. The third-order valence-electron chi connectivity index (χ3n) is 4.28. The molecule has 0 unspecified atom stereocenters. The van der Waals surface area contributed by atoms with Crippen LogP contribution >= 0.6 is 11.3 Å². The highest BCUT2D eigenvalue weighted by Crippen LogP contribution is 2.42. The molecular weight excluding hydrogens is 256 g/mol. The van der Waals surface area contributed by atoms with Gasteiger partial charge in [0.25, 0.3) is 0 Å². The van der Waals surface area contributed by atoms with Gasteiger partial charge in [0.2, 0.25) is 0 Å². The molecule has 0 atom stereocenters. The molecule has 5 heteroatoms. The SMILES string of the molecule is Nc1sc2c(c1-c1nnc3n1CCCC3)CCCC2. The summed E-state index contributed by atoms with van der Waals surface area (Å²) in [5.41, 5.74) is 8.93. The number of hydrogen-bond acceptors (Lipinski definition) is 4. The third-order valence-corrected chi connectivity index (χ3v) is 5.40. The molecule has 1 aliphatic heterocycles. The van der Waals surface area contributed by atoms with E-state index in [2.05, 4.69) is 14.8 Å². The van der Waals surface area contributed by atoms with Crippen molar-refractivity contribution in [2.75, 3.05) is 5.73 Å². The van der Waals surface area contributed by atoms with Gasteiger partial charge in [-0.15, -0.1) is 21.5 Å². The maximum absolute atomic E-state index is 6.28. The lowest BCUT2D eigenvalue weighted by molar-refractivity contribution is 0.525. The fraction of sp³-hybridized carbons (Fsp3) is 0.571. The monoisotopic (exact) mass is 274 g/mol. The second kappa shape index (κ2) is 4.34. The summed E-state index contributed by atoms with van der Waals surface area (Å²) in [4.78, 5) is 1.48. The van der Waals surface area contributed by atoms with E-state index in [0.29, 0.717) is 0 Å². The van der Waals surface area contributed by atoms with Crippen LogP contribution in [-0.4, -0.2) is 14.8 Å². The predicted octanol–water partition coefficient (Wildman–Crippen LogP) is 2.80. The Morgan fingerprint density at radius 2 is 1.84 bits per heavy atom. The fourth-order valence-corrected chi connectivity index (χ4v) is 4.48. The Kier molecular flexibility index (Phi) is 2.62. The summed E-state index contributed by atoms with van der Waals surface area (Å²) in [5.74, 6) is 2.16. The molecule has 1 aliphatic carbocycles. The lowest BCUT2D eigenvalue weighted by Gasteiger charge is -2.16. The minimum absolute atomic E-state index is 0.938. The molecule has 2 N–H and O–H groups in total. The summed E-state index contributed by atoms with van der Waals surface area (Å²) in [7, 11) is 0. The van der Waals surface area contributed by atoms with Crippen LogP contribution in [0, 0.1) is 0 Å². The molecule has 0 bridgehead atoms. The van der Waals surface area contributed by atoms with Crippen LogP contribution in [0.3, 0.4) is 0 Å². The second-order valence-corrected chi connectivity index (χ2v) is 6.64. The minimum atomic E-state index is 0.938. The van der Waals surface area contributed by atoms with Crippen molar-refractivity contribution in [3.05, 3.63) is 16.3 Å². The Morgan fingerprint density at radius 1 is 1.00 bits per heavy atom. The van der Waals surface area contributed by atoms with Crippen molar-refractivity contribution >= 4 is 16.3 Å². The number of rotatable bonds is 1. The van der Waals surface area contributed by atoms with Gasteiger partial charge < -0.3 is 10.3 Å². The van der Waals surface area contributed by atoms with Crippen molar-refractivity contribution in [2.24, 2.45) is 0 Å². The molecule has 2 aromatic rings. The summed E-state index contributed by atoms with van der Waals surface area (Å²) < 4.78 is 2.29. The number of aromatic nitrogens is 3. The molecule has 4 nitrogen and oxygen atoms in total. The van der Waals surface area contributed by atoms with Crippen LogP contribution in [0.2, 0.25) is 0 Å². The van der Waals surface area contributed by atoms with Crippen molar-refractivity contribution in [1.82, 2.24) is 14.8 Å². The van der Waals surface area contributed by atoms with Gasteiger partial charge in [0.05, 0.1) is 10.6 Å². The first-order valence-electron chi connectivity index (χ1n) is 7.17. The van der Waals surface area contributed by atoms with Gasteiger partial charge in [0.1, 0.15) is 5.82 Å². The van der Waals surface area contributed by atoms with Crippen LogP contribution in [0.1, 0.15) is 41.9 Å². The summed E-state index contributed by atoms with van der Waals surface area (Å²) in [6, 6.07) is 0. The first kappa shape index (κ1) is 11.5. The van der Waals surface area contributed by atoms with Gasteiger partial charge in [-0.3, -0.25) is 0 Å². The molecule has 100 valence electrons. The number of nitrogens with two attached hydrogens (primary N) is 1. The van der Waals surface area contributed by atoms with E-state index in [1.165, 1.54) is 48.1 Å². The fourth-order valence-electron chi connectivity index (χ4n) is 3.33. The zero-order valence-electron chi connectivity index (χ0n) is 11.0. The number of anilines is 1. The van der Waals surface area contributed by atoms with Gasteiger partial charge in [-0.1, -0.05) is 0 Å². The van der Waals surface area contributed by atoms with Crippen LogP contribution in [0.4, 0.5) is 5.00 Å². The number of aryl methyl sites for hydroxylation is 2. The Bertz CT molecular complexity index is 626. The topological polar surface area (TPSA) is 56.7 Å². The number of hydrogen-bond donors (Lipinski definition) is 1. The van der Waals surface area contributed by atoms with Gasteiger partial charge in [-0.05, 0) is 44.1 Å². The van der Waals surface area contributed by atoms with Gasteiger partial charge in [0, 0.05) is 17.8 Å². The Labute approximate surface area is 116 Å². The third kappa shape index (κ3) is 1.71. The normalized spacial score (nSPS) is 18.1. The van der Waals surface area contributed by atoms with Gasteiger partial charge in [-0.25, -0.2) is 0 Å². The Morgan fingerprint density at radius 3 is 2.79 bits per heavy atom. The number of thiophene rings is 1. The van der Waals surface area contributed by atoms with E-state index in [1.807, 2.05) is 0 Å². The summed E-state index contributed by atoms with van der Waals surface area (Å²) in [6.45, 7) is 1.04. The molecule has 0 amide bonds. The summed E-state index contributed by atoms with van der Waals surface area (Å²) >= 11 is 1.76. The first-order chi connectivity index (χ1) is 9.34. The Balaban J connectivity index is 1.88. The molecule has 0 radical (unpaired) electrons. The zero-order chi connectivity index (χ0) is 12.8. The average Bonchev–Trinajstić information content (AvgIpc) is 2.98. The maximum atomic E-state index is 6.28. The molecular formula is C14H18N4S. The van der Waals surface area contributed by atoms with Crippen molar-refractivity contribution in [3.63, 3.8) is 0 Å². The van der Waals surface area contributed by atoms with Crippen molar-refractivity contribution in [3.8, 4) is 11.4 Å². The Hall–Kier alpha value is -1.36. The summed E-state index contributed by atoms with van der Waals surface area (Å²) in [5, 5.41) is 9.75. The van der Waals surface area contributed by atoms with Crippen LogP contribution in [0.5, 0.6) is 0 Å². The van der Waals surface area contributed by atoms with Gasteiger partial charge >= 0.3 is 0 Å². The second-order valence-electron chi connectivity index (χ2n) is 5.50. The van der Waals surface area contributed by atoms with Crippen molar-refractivity contribution < 1.29 is 0 Å². The highest BCUT2D eigenvalue weighted by Gasteiger charge is 2.25. The lowest BCUT2D eigenvalue weighted by Crippen LogP contribution is -2.12. The smallest absolute Gasteiger partial charge is 0.167 e.